The van der Waals surface area contributed by atoms with E-state index in [1.165, 1.54) is 23.1 Å². The quantitative estimate of drug-likeness (QED) is 0.576. The number of hydrogen-bond donors (Lipinski definition) is 2. The highest BCUT2D eigenvalue weighted by molar-refractivity contribution is 7.91. The van der Waals surface area contributed by atoms with Crippen molar-refractivity contribution in [2.24, 2.45) is 5.92 Å². The highest BCUT2D eigenvalue weighted by atomic mass is 32.2. The van der Waals surface area contributed by atoms with Crippen LogP contribution in [0.25, 0.3) is 0 Å². The van der Waals surface area contributed by atoms with E-state index in [1.54, 1.807) is 11.4 Å². The van der Waals surface area contributed by atoms with Gasteiger partial charge in [-0.15, -0.1) is 11.3 Å². The largest absolute Gasteiger partial charge is 0.481 e. The predicted molar refractivity (Wildman–Crippen MR) is 116 cm³/mol. The lowest BCUT2D eigenvalue weighted by molar-refractivity contribution is -0.142. The van der Waals surface area contributed by atoms with Crippen LogP contribution in [0.3, 0.4) is 0 Å². The van der Waals surface area contributed by atoms with Gasteiger partial charge in [0.05, 0.1) is 12.5 Å². The van der Waals surface area contributed by atoms with Crippen LogP contribution in [0.5, 0.6) is 0 Å². The third-order valence-corrected chi connectivity index (χ3v) is 8.83. The van der Waals surface area contributed by atoms with Gasteiger partial charge in [0, 0.05) is 19.0 Å². The maximum Gasteiger partial charge on any atom is 0.305 e. The Morgan fingerprint density at radius 1 is 1.15 bits per heavy atom. The number of nitrogens with one attached hydrogen (secondary N) is 1. The van der Waals surface area contributed by atoms with Crippen LogP contribution in [0, 0.1) is 11.7 Å². The molecule has 2 atom stereocenters. The molecule has 2 unspecified atom stereocenters. The van der Waals surface area contributed by atoms with Crippen LogP contribution < -0.4 is 5.32 Å². The molecule has 0 bridgehead atoms. The van der Waals surface area contributed by atoms with Crippen molar-refractivity contribution in [1.29, 1.82) is 0 Å². The first-order valence-corrected chi connectivity index (χ1v) is 12.6. The second-order valence-electron chi connectivity index (χ2n) is 7.94. The van der Waals surface area contributed by atoms with Crippen molar-refractivity contribution in [2.45, 2.75) is 35.7 Å². The molecule has 2 aromatic rings. The fourth-order valence-corrected chi connectivity index (χ4v) is 6.48. The van der Waals surface area contributed by atoms with Gasteiger partial charge in [-0.3, -0.25) is 14.4 Å². The molecule has 2 N–H and O–H groups in total. The second kappa shape index (κ2) is 9.20. The van der Waals surface area contributed by atoms with E-state index >= 15 is 0 Å². The zero-order chi connectivity index (χ0) is 23.8. The van der Waals surface area contributed by atoms with Crippen LogP contribution in [-0.2, 0) is 24.4 Å². The number of carbonyl (C=O) groups excluding carboxylic acids is 2. The van der Waals surface area contributed by atoms with Gasteiger partial charge in [0.15, 0.2) is 6.17 Å². The minimum Gasteiger partial charge on any atom is -0.481 e. The van der Waals surface area contributed by atoms with Crippen LogP contribution >= 0.6 is 11.3 Å². The molecule has 0 radical (unpaired) electrons. The number of sulfonamides is 1. The van der Waals surface area contributed by atoms with Gasteiger partial charge in [-0.2, -0.15) is 4.31 Å². The molecule has 12 heteroatoms. The number of thiophene rings is 1. The van der Waals surface area contributed by atoms with E-state index in [2.05, 4.69) is 5.32 Å². The molecular formula is C21H22FN3O6S2. The molecule has 2 amide bonds. The van der Waals surface area contributed by atoms with Gasteiger partial charge in [0.1, 0.15) is 10.0 Å². The summed E-state index contributed by atoms with van der Waals surface area (Å²) in [7, 11) is -4.06. The molecule has 0 spiro atoms. The second-order valence-corrected chi connectivity index (χ2v) is 11.0. The highest BCUT2D eigenvalue weighted by Gasteiger charge is 2.49. The Labute approximate surface area is 193 Å². The number of aliphatic carboxylic acids is 1. The number of rotatable bonds is 8. The van der Waals surface area contributed by atoms with Crippen molar-refractivity contribution in [3.05, 3.63) is 53.2 Å². The number of carbonyl (C=O) groups is 3. The van der Waals surface area contributed by atoms with E-state index in [0.717, 1.165) is 27.8 Å². The molecule has 176 valence electrons. The summed E-state index contributed by atoms with van der Waals surface area (Å²) >= 11 is 1.00. The van der Waals surface area contributed by atoms with Crippen LogP contribution in [0.4, 0.5) is 4.39 Å². The third kappa shape index (κ3) is 4.92. The van der Waals surface area contributed by atoms with Gasteiger partial charge in [-0.05, 0) is 42.0 Å². The van der Waals surface area contributed by atoms with Gasteiger partial charge >= 0.3 is 5.97 Å². The zero-order valence-corrected chi connectivity index (χ0v) is 19.0. The molecule has 1 saturated carbocycles. The lowest BCUT2D eigenvalue weighted by Gasteiger charge is -2.30. The van der Waals surface area contributed by atoms with Crippen molar-refractivity contribution in [3.8, 4) is 0 Å². The number of amides is 2. The first kappa shape index (κ1) is 23.3. The number of hydrogen-bond acceptors (Lipinski definition) is 6. The average Bonchev–Trinajstić information content (AvgIpc) is 3.26. The van der Waals surface area contributed by atoms with E-state index in [1.807, 2.05) is 0 Å². The molecule has 1 aromatic heterocycles. The molecule has 4 rings (SSSR count). The fourth-order valence-electron chi connectivity index (χ4n) is 3.82. The first-order chi connectivity index (χ1) is 15.7. The summed E-state index contributed by atoms with van der Waals surface area (Å²) < 4.78 is 40.8. The molecule has 1 saturated heterocycles. The molecular weight excluding hydrogens is 473 g/mol. The van der Waals surface area contributed by atoms with E-state index in [9.17, 15) is 32.3 Å². The maximum atomic E-state index is 13.4. The lowest BCUT2D eigenvalue weighted by atomic mass is 10.0. The molecule has 2 fully saturated rings. The minimum atomic E-state index is -4.06. The summed E-state index contributed by atoms with van der Waals surface area (Å²) in [6, 6.07) is 6.95. The summed E-state index contributed by atoms with van der Waals surface area (Å²) in [5.41, 5.74) is 0.345. The standard InChI is InChI=1S/C21H22FN3O6S2/c22-15-7-5-13(6-8-15)16(12-17(26)27)23-19(28)20-24(21(29)14-3-4-14)9-10-25(20)33(30,31)18-2-1-11-32-18/h1-2,5-8,11,14,16,20H,3-4,9-10,12H2,(H,23,28)(H,26,27). The van der Waals surface area contributed by atoms with Gasteiger partial charge < -0.3 is 15.3 Å². The monoisotopic (exact) mass is 495 g/mol. The predicted octanol–water partition coefficient (Wildman–Crippen LogP) is 1.79. The molecule has 33 heavy (non-hydrogen) atoms. The Morgan fingerprint density at radius 3 is 2.42 bits per heavy atom. The number of halogens is 1. The van der Waals surface area contributed by atoms with E-state index in [-0.39, 0.29) is 29.1 Å². The summed E-state index contributed by atoms with van der Waals surface area (Å²) in [5, 5.41) is 13.5. The molecule has 9 nitrogen and oxygen atoms in total. The Kier molecular flexibility index (Phi) is 6.50. The molecule has 1 aromatic carbocycles. The Balaban J connectivity index is 1.65. The van der Waals surface area contributed by atoms with Crippen molar-refractivity contribution >= 4 is 39.1 Å². The summed E-state index contributed by atoms with van der Waals surface area (Å²) in [6.07, 6.45) is -0.586. The summed E-state index contributed by atoms with van der Waals surface area (Å²) in [6.45, 7) is -0.00486. The van der Waals surface area contributed by atoms with Crippen molar-refractivity contribution in [2.75, 3.05) is 13.1 Å². The van der Waals surface area contributed by atoms with Gasteiger partial charge in [0.25, 0.3) is 15.9 Å². The SMILES string of the molecule is O=C(O)CC(NC(=O)C1N(C(=O)C2CC2)CCN1S(=O)(=O)c1cccs1)c1ccc(F)cc1. The molecule has 2 aliphatic rings. The number of benzene rings is 1. The van der Waals surface area contributed by atoms with Crippen LogP contribution in [-0.4, -0.2) is 59.8 Å². The zero-order valence-electron chi connectivity index (χ0n) is 17.4. The van der Waals surface area contributed by atoms with E-state index in [4.69, 9.17) is 0 Å². The van der Waals surface area contributed by atoms with Crippen LogP contribution in [0.1, 0.15) is 30.9 Å². The Morgan fingerprint density at radius 2 is 1.85 bits per heavy atom. The molecule has 2 heterocycles. The van der Waals surface area contributed by atoms with Crippen molar-refractivity contribution in [3.63, 3.8) is 0 Å². The number of carboxylic acid groups (broad SMARTS) is 1. The Bertz CT molecular complexity index is 1150. The first-order valence-electron chi connectivity index (χ1n) is 10.3. The molecule has 1 aliphatic carbocycles. The summed E-state index contributed by atoms with van der Waals surface area (Å²) in [4.78, 5) is 38.9. The van der Waals surface area contributed by atoms with Crippen LogP contribution in [0.2, 0.25) is 0 Å². The Hall–Kier alpha value is -2.83. The number of carboxylic acids is 1. The van der Waals surface area contributed by atoms with E-state index in [0.29, 0.717) is 18.4 Å². The smallest absolute Gasteiger partial charge is 0.305 e. The van der Waals surface area contributed by atoms with Gasteiger partial charge in [0.2, 0.25) is 5.91 Å². The fraction of sp³-hybridized carbons (Fsp3) is 0.381. The molecule has 1 aliphatic heterocycles. The van der Waals surface area contributed by atoms with Crippen molar-refractivity contribution in [1.82, 2.24) is 14.5 Å². The van der Waals surface area contributed by atoms with Gasteiger partial charge in [-0.1, -0.05) is 18.2 Å². The van der Waals surface area contributed by atoms with Gasteiger partial charge in [-0.25, -0.2) is 12.8 Å². The van der Waals surface area contributed by atoms with Crippen molar-refractivity contribution < 1.29 is 32.3 Å². The normalized spacial score (nSPS) is 19.9. The highest BCUT2D eigenvalue weighted by Crippen LogP contribution is 2.35. The third-order valence-electron chi connectivity index (χ3n) is 5.60. The number of nitrogens with zero attached hydrogens (tertiary/aromatic N) is 2. The summed E-state index contributed by atoms with van der Waals surface area (Å²) in [5.74, 6) is -3.07. The topological polar surface area (TPSA) is 124 Å². The average molecular weight is 496 g/mol. The van der Waals surface area contributed by atoms with E-state index < -0.39 is 46.3 Å². The lowest BCUT2D eigenvalue weighted by Crippen LogP contribution is -2.54. The maximum absolute atomic E-state index is 13.4. The van der Waals surface area contributed by atoms with Crippen LogP contribution in [0.15, 0.2) is 46.0 Å². The minimum absolute atomic E-state index is 0.0432.